The van der Waals surface area contributed by atoms with Crippen LogP contribution in [0.3, 0.4) is 0 Å². The molecular weight excluding hydrogens is 256 g/mol. The van der Waals surface area contributed by atoms with Crippen molar-refractivity contribution in [2.45, 2.75) is 0 Å². The highest BCUT2D eigenvalue weighted by molar-refractivity contribution is 5.90. The Kier molecular flexibility index (Phi) is 2.73. The topological polar surface area (TPSA) is 78.4 Å². The minimum absolute atomic E-state index is 0.624. The molecule has 0 aliphatic carbocycles. The zero-order valence-corrected chi connectivity index (χ0v) is 10.6. The summed E-state index contributed by atoms with van der Waals surface area (Å²) < 4.78 is 0. The van der Waals surface area contributed by atoms with Crippen LogP contribution in [0.5, 0.6) is 0 Å². The number of aliphatic carboxylic acids is 1. The van der Waals surface area contributed by atoms with E-state index in [1.807, 2.05) is 18.0 Å². The number of nitrogens with one attached hydrogen (secondary N) is 1. The maximum atomic E-state index is 10.5. The molecule has 3 rings (SSSR count). The molecule has 0 bridgehead atoms. The Hall–Kier alpha value is -3.07. The zero-order chi connectivity index (χ0) is 14.1. The fourth-order valence-electron chi connectivity index (χ4n) is 2.04. The van der Waals surface area contributed by atoms with Gasteiger partial charge in [0, 0.05) is 30.9 Å². The summed E-state index contributed by atoms with van der Waals surface area (Å²) in [5.41, 5.74) is 2.37. The molecular formula is C14H10N4O2. The van der Waals surface area contributed by atoms with E-state index >= 15 is 0 Å². The molecule has 0 saturated carbocycles. The van der Waals surface area contributed by atoms with Crippen molar-refractivity contribution in [3.63, 3.8) is 0 Å². The van der Waals surface area contributed by atoms with E-state index in [1.165, 1.54) is 0 Å². The third-order valence-corrected chi connectivity index (χ3v) is 2.92. The Morgan fingerprint density at radius 1 is 1.35 bits per heavy atom. The van der Waals surface area contributed by atoms with E-state index in [0.717, 1.165) is 17.2 Å². The summed E-state index contributed by atoms with van der Waals surface area (Å²) in [5.74, 6) is 4.93. The highest BCUT2D eigenvalue weighted by Crippen LogP contribution is 2.40. The molecule has 2 N–H and O–H groups in total. The fraction of sp³-hybridized carbons (Fsp3) is 0.0714. The summed E-state index contributed by atoms with van der Waals surface area (Å²) in [6.07, 6.45) is 3.24. The maximum absolute atomic E-state index is 10.5. The highest BCUT2D eigenvalue weighted by Gasteiger charge is 2.21. The van der Waals surface area contributed by atoms with Gasteiger partial charge in [-0.1, -0.05) is 5.92 Å². The van der Waals surface area contributed by atoms with E-state index < -0.39 is 5.97 Å². The normalized spacial score (nSPS) is 11.6. The summed E-state index contributed by atoms with van der Waals surface area (Å²) in [5, 5.41) is 11.7. The highest BCUT2D eigenvalue weighted by atomic mass is 16.4. The van der Waals surface area contributed by atoms with Gasteiger partial charge in [-0.15, -0.1) is 0 Å². The molecule has 6 heteroatoms. The van der Waals surface area contributed by atoms with E-state index in [1.54, 1.807) is 24.5 Å². The van der Waals surface area contributed by atoms with Gasteiger partial charge in [-0.05, 0) is 18.2 Å². The molecule has 0 atom stereocenters. The van der Waals surface area contributed by atoms with Gasteiger partial charge in [0.25, 0.3) is 0 Å². The zero-order valence-electron chi connectivity index (χ0n) is 10.6. The van der Waals surface area contributed by atoms with Crippen LogP contribution in [0.25, 0.3) is 0 Å². The Balaban J connectivity index is 2.03. The molecule has 0 unspecified atom stereocenters. The van der Waals surface area contributed by atoms with Crippen LogP contribution >= 0.6 is 0 Å². The van der Waals surface area contributed by atoms with Crippen molar-refractivity contribution in [3.05, 3.63) is 36.2 Å². The number of aromatic nitrogens is 2. The number of carboxylic acid groups (broad SMARTS) is 1. The number of nitrogens with zero attached hydrogens (tertiary/aromatic N) is 3. The van der Waals surface area contributed by atoms with Gasteiger partial charge in [-0.3, -0.25) is 0 Å². The number of carboxylic acids is 1. The monoisotopic (exact) mass is 266 g/mol. The number of fused-ring (bicyclic) bond motifs is 2. The summed E-state index contributed by atoms with van der Waals surface area (Å²) in [7, 11) is 1.90. The molecule has 0 saturated heterocycles. The lowest BCUT2D eigenvalue weighted by Gasteiger charge is -2.28. The molecule has 1 aliphatic rings. The lowest BCUT2D eigenvalue weighted by Crippen LogP contribution is -2.19. The molecule has 2 aromatic rings. The van der Waals surface area contributed by atoms with Crippen molar-refractivity contribution in [1.82, 2.24) is 9.97 Å². The number of hydrogen-bond acceptors (Lipinski definition) is 5. The second-order valence-electron chi connectivity index (χ2n) is 4.20. The van der Waals surface area contributed by atoms with E-state index in [9.17, 15) is 4.79 Å². The minimum Gasteiger partial charge on any atom is -0.472 e. The van der Waals surface area contributed by atoms with Gasteiger partial charge < -0.3 is 15.3 Å². The molecule has 20 heavy (non-hydrogen) atoms. The molecule has 0 amide bonds. The van der Waals surface area contributed by atoms with E-state index in [-0.39, 0.29) is 0 Å². The Labute approximate surface area is 115 Å². The average molecular weight is 266 g/mol. The van der Waals surface area contributed by atoms with Gasteiger partial charge in [-0.25, -0.2) is 14.8 Å². The largest absolute Gasteiger partial charge is 0.472 e. The molecule has 0 fully saturated rings. The van der Waals surface area contributed by atoms with Crippen molar-refractivity contribution >= 4 is 29.0 Å². The lowest BCUT2D eigenvalue weighted by molar-refractivity contribution is -0.130. The summed E-state index contributed by atoms with van der Waals surface area (Å²) in [6.45, 7) is 0. The first kappa shape index (κ1) is 12.0. The van der Waals surface area contributed by atoms with Crippen LogP contribution < -0.4 is 10.2 Å². The Morgan fingerprint density at radius 3 is 2.95 bits per heavy atom. The van der Waals surface area contributed by atoms with Crippen molar-refractivity contribution in [1.29, 1.82) is 0 Å². The predicted molar refractivity (Wildman–Crippen MR) is 74.3 cm³/mol. The first-order valence-electron chi connectivity index (χ1n) is 5.86. The second kappa shape index (κ2) is 4.55. The van der Waals surface area contributed by atoms with Crippen LogP contribution in [0.15, 0.2) is 30.6 Å². The smallest absolute Gasteiger partial charge is 0.382 e. The van der Waals surface area contributed by atoms with Crippen LogP contribution in [0.1, 0.15) is 5.56 Å². The van der Waals surface area contributed by atoms with Gasteiger partial charge in [0.2, 0.25) is 0 Å². The van der Waals surface area contributed by atoms with Crippen LogP contribution in [-0.2, 0) is 4.79 Å². The van der Waals surface area contributed by atoms with Crippen molar-refractivity contribution in [2.24, 2.45) is 0 Å². The number of hydrogen-bond donors (Lipinski definition) is 2. The van der Waals surface area contributed by atoms with Crippen molar-refractivity contribution in [2.75, 3.05) is 17.3 Å². The summed E-state index contributed by atoms with van der Waals surface area (Å²) >= 11 is 0. The molecule has 2 heterocycles. The van der Waals surface area contributed by atoms with Gasteiger partial charge in [0.1, 0.15) is 0 Å². The van der Waals surface area contributed by atoms with Crippen LogP contribution in [0.2, 0.25) is 0 Å². The lowest BCUT2D eigenvalue weighted by atomic mass is 10.1. The van der Waals surface area contributed by atoms with Crippen molar-refractivity contribution in [3.8, 4) is 11.8 Å². The number of benzene rings is 1. The fourth-order valence-corrected chi connectivity index (χ4v) is 2.04. The molecule has 0 radical (unpaired) electrons. The molecule has 6 nitrogen and oxygen atoms in total. The number of carbonyl (C=O) groups is 1. The van der Waals surface area contributed by atoms with Gasteiger partial charge >= 0.3 is 5.97 Å². The third kappa shape index (κ3) is 2.01. The second-order valence-corrected chi connectivity index (χ2v) is 4.20. The molecule has 1 aromatic carbocycles. The molecule has 0 spiro atoms. The number of rotatable bonds is 0. The van der Waals surface area contributed by atoms with Gasteiger partial charge in [-0.2, -0.15) is 0 Å². The van der Waals surface area contributed by atoms with Gasteiger partial charge in [0.15, 0.2) is 11.6 Å². The van der Waals surface area contributed by atoms with Crippen LogP contribution in [-0.4, -0.2) is 28.1 Å². The Bertz CT molecular complexity index is 761. The maximum Gasteiger partial charge on any atom is 0.382 e. The standard InChI is InChI=1S/C14H10N4O2/c1-18-11-4-2-9(3-5-12(19)20)8-10(11)17-13-14(18)16-7-6-15-13/h2,4,6-8H,1H3,(H,15,17)(H,19,20). The predicted octanol–water partition coefficient (Wildman–Crippen LogP) is 1.74. The van der Waals surface area contributed by atoms with E-state index in [0.29, 0.717) is 11.4 Å². The number of anilines is 4. The molecule has 1 aliphatic heterocycles. The van der Waals surface area contributed by atoms with Crippen LogP contribution in [0.4, 0.5) is 23.0 Å². The first-order chi connectivity index (χ1) is 9.65. The molecule has 98 valence electrons. The summed E-state index contributed by atoms with van der Waals surface area (Å²) in [6, 6.07) is 5.43. The van der Waals surface area contributed by atoms with Crippen LogP contribution in [0, 0.1) is 11.8 Å². The molecule has 1 aromatic heterocycles. The SMILES string of the molecule is CN1c2ccc(C#CC(=O)O)cc2Nc2nccnc21. The minimum atomic E-state index is -1.15. The van der Waals surface area contributed by atoms with Gasteiger partial charge in [0.05, 0.1) is 11.4 Å². The van der Waals surface area contributed by atoms with E-state index in [2.05, 4.69) is 27.1 Å². The quantitative estimate of drug-likeness (QED) is 0.707. The third-order valence-electron chi connectivity index (χ3n) is 2.92. The van der Waals surface area contributed by atoms with E-state index in [4.69, 9.17) is 5.11 Å². The first-order valence-corrected chi connectivity index (χ1v) is 5.86. The average Bonchev–Trinajstić information content (AvgIpc) is 2.45. The Morgan fingerprint density at radius 2 is 2.15 bits per heavy atom. The van der Waals surface area contributed by atoms with Crippen molar-refractivity contribution < 1.29 is 9.90 Å². The summed E-state index contributed by atoms with van der Waals surface area (Å²) in [4.78, 5) is 20.9.